The molecule has 0 aliphatic rings. The number of nitrogens with zero attached hydrogens (tertiary/aromatic N) is 3. The number of benzene rings is 2. The van der Waals surface area contributed by atoms with E-state index in [-0.39, 0.29) is 11.6 Å². The Morgan fingerprint density at radius 3 is 2.52 bits per heavy atom. The van der Waals surface area contributed by atoms with Gasteiger partial charge >= 0.3 is 6.36 Å². The fourth-order valence-corrected chi connectivity index (χ4v) is 3.07. The summed E-state index contributed by atoms with van der Waals surface area (Å²) in [6, 6.07) is 11.8. The van der Waals surface area contributed by atoms with Gasteiger partial charge in [0, 0.05) is 29.4 Å². The quantitative estimate of drug-likeness (QED) is 0.318. The summed E-state index contributed by atoms with van der Waals surface area (Å²) >= 11 is 0. The number of alkyl halides is 3. The number of nitrogens with one attached hydrogen (secondary N) is 2. The Bertz CT molecular complexity index is 1090. The number of aromatic nitrogens is 2. The summed E-state index contributed by atoms with van der Waals surface area (Å²) < 4.78 is 55.9. The van der Waals surface area contributed by atoms with Gasteiger partial charge in [-0.25, -0.2) is 9.37 Å². The van der Waals surface area contributed by atoms with Crippen LogP contribution in [0.15, 0.2) is 48.5 Å². The third kappa shape index (κ3) is 7.31. The van der Waals surface area contributed by atoms with Gasteiger partial charge in [-0.1, -0.05) is 18.2 Å². The van der Waals surface area contributed by atoms with Crippen LogP contribution in [0.1, 0.15) is 12.0 Å². The topological polar surface area (TPSA) is 62.3 Å². The van der Waals surface area contributed by atoms with E-state index in [2.05, 4.69) is 25.3 Å². The second kappa shape index (κ2) is 10.5. The van der Waals surface area contributed by atoms with E-state index in [1.807, 2.05) is 19.0 Å². The Morgan fingerprint density at radius 1 is 1.03 bits per heavy atom. The van der Waals surface area contributed by atoms with Gasteiger partial charge in [0.05, 0.1) is 5.69 Å². The van der Waals surface area contributed by atoms with Crippen LogP contribution in [0.5, 0.6) is 5.75 Å². The Kier molecular flexibility index (Phi) is 7.70. The number of hydrogen-bond acceptors (Lipinski definition) is 6. The fraction of sp³-hybridized carbons (Fsp3) is 0.304. The third-order valence-electron chi connectivity index (χ3n) is 4.69. The van der Waals surface area contributed by atoms with Crippen molar-refractivity contribution in [3.05, 3.63) is 59.9 Å². The predicted molar refractivity (Wildman–Crippen MR) is 120 cm³/mol. The number of halogens is 4. The van der Waals surface area contributed by atoms with Crippen molar-refractivity contribution in [2.75, 3.05) is 37.8 Å². The largest absolute Gasteiger partial charge is 0.573 e. The van der Waals surface area contributed by atoms with E-state index in [1.165, 1.54) is 24.3 Å². The monoisotopic (exact) mass is 463 g/mol. The summed E-state index contributed by atoms with van der Waals surface area (Å²) in [5.74, 6) is -0.0567. The third-order valence-corrected chi connectivity index (χ3v) is 4.69. The van der Waals surface area contributed by atoms with Crippen molar-refractivity contribution in [1.29, 1.82) is 0 Å². The van der Waals surface area contributed by atoms with Crippen molar-refractivity contribution in [3.8, 4) is 17.0 Å². The Balaban J connectivity index is 1.93. The smallest absolute Gasteiger partial charge is 0.406 e. The highest BCUT2D eigenvalue weighted by Crippen LogP contribution is 2.30. The zero-order chi connectivity index (χ0) is 24.0. The Labute approximate surface area is 189 Å². The summed E-state index contributed by atoms with van der Waals surface area (Å²) in [7, 11) is 3.94. The molecule has 0 radical (unpaired) electrons. The van der Waals surface area contributed by atoms with Gasteiger partial charge in [0.2, 0.25) is 5.95 Å². The van der Waals surface area contributed by atoms with Gasteiger partial charge in [0.15, 0.2) is 0 Å². The Hall–Kier alpha value is -3.40. The lowest BCUT2D eigenvalue weighted by Crippen LogP contribution is -2.17. The van der Waals surface area contributed by atoms with E-state index in [9.17, 15) is 17.6 Å². The average molecular weight is 463 g/mol. The van der Waals surface area contributed by atoms with Crippen molar-refractivity contribution in [2.45, 2.75) is 19.7 Å². The van der Waals surface area contributed by atoms with Crippen LogP contribution >= 0.6 is 0 Å². The van der Waals surface area contributed by atoms with E-state index >= 15 is 0 Å². The average Bonchev–Trinajstić information content (AvgIpc) is 2.73. The molecule has 1 aromatic heterocycles. The molecular formula is C23H25F4N5O. The van der Waals surface area contributed by atoms with Crippen LogP contribution in [0.2, 0.25) is 0 Å². The maximum atomic E-state index is 14.0. The molecule has 6 nitrogen and oxygen atoms in total. The molecule has 2 N–H and O–H groups in total. The molecule has 0 bridgehead atoms. The SMILES string of the molecule is Cc1c(F)cccc1Nc1cc(-c2cccc(OC(F)(F)F)c2)nc(NCCCN(C)C)n1. The molecule has 0 aliphatic carbocycles. The van der Waals surface area contributed by atoms with E-state index < -0.39 is 6.36 Å². The zero-order valence-electron chi connectivity index (χ0n) is 18.5. The number of rotatable bonds is 9. The van der Waals surface area contributed by atoms with Gasteiger partial charge in [-0.15, -0.1) is 13.2 Å². The van der Waals surface area contributed by atoms with Gasteiger partial charge in [0.1, 0.15) is 17.4 Å². The summed E-state index contributed by atoms with van der Waals surface area (Å²) in [6.45, 7) is 3.09. The van der Waals surface area contributed by atoms with Crippen LogP contribution in [0.3, 0.4) is 0 Å². The molecule has 33 heavy (non-hydrogen) atoms. The maximum absolute atomic E-state index is 14.0. The van der Waals surface area contributed by atoms with E-state index in [0.29, 0.717) is 40.8 Å². The van der Waals surface area contributed by atoms with Crippen LogP contribution < -0.4 is 15.4 Å². The number of ether oxygens (including phenoxy) is 1. The molecule has 3 aromatic rings. The molecule has 3 rings (SSSR count). The highest BCUT2D eigenvalue weighted by Gasteiger charge is 2.31. The summed E-state index contributed by atoms with van der Waals surface area (Å²) in [5, 5.41) is 6.22. The number of hydrogen-bond donors (Lipinski definition) is 2. The zero-order valence-corrected chi connectivity index (χ0v) is 18.5. The highest BCUT2D eigenvalue weighted by molar-refractivity contribution is 5.69. The predicted octanol–water partition coefficient (Wildman–Crippen LogP) is 5.60. The first-order chi connectivity index (χ1) is 15.6. The first kappa shape index (κ1) is 24.2. The molecule has 0 atom stereocenters. The minimum atomic E-state index is -4.80. The summed E-state index contributed by atoms with van der Waals surface area (Å²) in [5.41, 5.74) is 1.73. The van der Waals surface area contributed by atoms with Crippen LogP contribution in [-0.4, -0.2) is 48.4 Å². The van der Waals surface area contributed by atoms with Gasteiger partial charge in [0.25, 0.3) is 0 Å². The highest BCUT2D eigenvalue weighted by atomic mass is 19.4. The molecule has 0 unspecified atom stereocenters. The minimum Gasteiger partial charge on any atom is -0.406 e. The van der Waals surface area contributed by atoms with Gasteiger partial charge in [-0.3, -0.25) is 0 Å². The number of anilines is 3. The van der Waals surface area contributed by atoms with Crippen LogP contribution in [0, 0.1) is 12.7 Å². The van der Waals surface area contributed by atoms with Crippen molar-refractivity contribution in [2.24, 2.45) is 0 Å². The molecular weight excluding hydrogens is 438 g/mol. The molecule has 10 heteroatoms. The molecule has 0 aliphatic heterocycles. The molecule has 0 fully saturated rings. The molecule has 0 saturated carbocycles. The molecule has 176 valence electrons. The normalized spacial score (nSPS) is 11.5. The van der Waals surface area contributed by atoms with E-state index in [1.54, 1.807) is 31.2 Å². The summed E-state index contributed by atoms with van der Waals surface area (Å²) in [6.07, 6.45) is -3.97. The van der Waals surface area contributed by atoms with Crippen molar-refractivity contribution in [1.82, 2.24) is 14.9 Å². The molecule has 0 amide bonds. The lowest BCUT2D eigenvalue weighted by atomic mass is 10.1. The Morgan fingerprint density at radius 2 is 1.79 bits per heavy atom. The van der Waals surface area contributed by atoms with Crippen LogP contribution in [0.25, 0.3) is 11.3 Å². The van der Waals surface area contributed by atoms with Gasteiger partial charge in [-0.2, -0.15) is 4.98 Å². The van der Waals surface area contributed by atoms with Crippen molar-refractivity contribution < 1.29 is 22.3 Å². The second-order valence-corrected chi connectivity index (χ2v) is 7.66. The maximum Gasteiger partial charge on any atom is 0.573 e. The van der Waals surface area contributed by atoms with Crippen LogP contribution in [-0.2, 0) is 0 Å². The molecule has 0 spiro atoms. The van der Waals surface area contributed by atoms with Gasteiger partial charge < -0.3 is 20.3 Å². The lowest BCUT2D eigenvalue weighted by molar-refractivity contribution is -0.274. The standard InChI is InChI=1S/C23H25F4N5O/c1-15-18(24)9-5-10-19(15)29-21-14-20(30-22(31-21)28-11-6-12-32(2)3)16-7-4-8-17(13-16)33-23(25,26)27/h4-5,7-10,13-14H,6,11-12H2,1-3H3,(H2,28,29,30,31). The van der Waals surface area contributed by atoms with Crippen molar-refractivity contribution in [3.63, 3.8) is 0 Å². The van der Waals surface area contributed by atoms with Gasteiger partial charge in [-0.05, 0) is 58.3 Å². The summed E-state index contributed by atoms with van der Waals surface area (Å²) in [4.78, 5) is 10.9. The lowest BCUT2D eigenvalue weighted by Gasteiger charge is -2.14. The second-order valence-electron chi connectivity index (χ2n) is 7.66. The van der Waals surface area contributed by atoms with Crippen LogP contribution in [0.4, 0.5) is 35.0 Å². The minimum absolute atomic E-state index is 0.296. The first-order valence-electron chi connectivity index (χ1n) is 10.3. The molecule has 0 saturated heterocycles. The molecule has 2 aromatic carbocycles. The van der Waals surface area contributed by atoms with E-state index in [0.717, 1.165) is 13.0 Å². The first-order valence-corrected chi connectivity index (χ1v) is 10.3. The van der Waals surface area contributed by atoms with E-state index in [4.69, 9.17) is 0 Å². The van der Waals surface area contributed by atoms with Crippen molar-refractivity contribution >= 4 is 17.5 Å². The fourth-order valence-electron chi connectivity index (χ4n) is 3.07. The molecule has 1 heterocycles.